The van der Waals surface area contributed by atoms with E-state index in [0.29, 0.717) is 6.10 Å². The maximum Gasteiger partial charge on any atom is 0.0746 e. The first-order valence-corrected chi connectivity index (χ1v) is 7.02. The Balaban J connectivity index is 2.22. The predicted octanol–water partition coefficient (Wildman–Crippen LogP) is 4.03. The molecule has 2 rings (SSSR count). The largest absolute Gasteiger partial charge is 0.380 e. The third kappa shape index (κ3) is 2.95. The molecular formula is C13H17BrClNO. The maximum atomic E-state index is 6.20. The van der Waals surface area contributed by atoms with Crippen LogP contribution in [0.15, 0.2) is 16.6 Å². The van der Waals surface area contributed by atoms with Gasteiger partial charge in [0.15, 0.2) is 0 Å². The Morgan fingerprint density at radius 3 is 2.88 bits per heavy atom. The molecule has 1 atom stereocenters. The van der Waals surface area contributed by atoms with E-state index < -0.39 is 0 Å². The van der Waals surface area contributed by atoms with E-state index in [-0.39, 0.29) is 0 Å². The molecule has 1 aromatic carbocycles. The molecule has 0 N–H and O–H groups in total. The number of piperidine rings is 1. The Morgan fingerprint density at radius 2 is 2.24 bits per heavy atom. The summed E-state index contributed by atoms with van der Waals surface area (Å²) in [4.78, 5) is 2.35. The molecule has 4 heteroatoms. The Labute approximate surface area is 116 Å². The maximum absolute atomic E-state index is 6.20. The second-order valence-corrected chi connectivity index (χ2v) is 5.70. The van der Waals surface area contributed by atoms with E-state index in [1.165, 1.54) is 17.7 Å². The normalized spacial score (nSPS) is 20.7. The Bertz CT molecular complexity index is 387. The Hall–Kier alpha value is -0.250. The monoisotopic (exact) mass is 317 g/mol. The minimum atomic E-state index is 0.339. The first-order chi connectivity index (χ1) is 8.11. The Morgan fingerprint density at radius 1 is 1.47 bits per heavy atom. The number of nitrogens with zero attached hydrogens (tertiary/aromatic N) is 1. The van der Waals surface area contributed by atoms with Crippen LogP contribution in [0.3, 0.4) is 0 Å². The van der Waals surface area contributed by atoms with Crippen molar-refractivity contribution in [1.29, 1.82) is 0 Å². The number of hydrogen-bond acceptors (Lipinski definition) is 2. The molecule has 1 aliphatic heterocycles. The molecule has 0 amide bonds. The number of aryl methyl sites for hydroxylation is 1. The third-order valence-corrected chi connectivity index (χ3v) is 4.85. The van der Waals surface area contributed by atoms with Crippen molar-refractivity contribution in [2.24, 2.45) is 0 Å². The van der Waals surface area contributed by atoms with Gasteiger partial charge in [-0.25, -0.2) is 0 Å². The molecule has 0 radical (unpaired) electrons. The second kappa shape index (κ2) is 5.59. The predicted molar refractivity (Wildman–Crippen MR) is 76.1 cm³/mol. The molecule has 0 aliphatic carbocycles. The van der Waals surface area contributed by atoms with E-state index in [9.17, 15) is 0 Å². The van der Waals surface area contributed by atoms with Crippen molar-refractivity contribution in [2.45, 2.75) is 25.9 Å². The van der Waals surface area contributed by atoms with Crippen LogP contribution < -0.4 is 4.90 Å². The first-order valence-electron chi connectivity index (χ1n) is 5.85. The summed E-state index contributed by atoms with van der Waals surface area (Å²) in [7, 11) is 1.79. The summed E-state index contributed by atoms with van der Waals surface area (Å²) < 4.78 is 6.43. The molecule has 2 nitrogen and oxygen atoms in total. The van der Waals surface area contributed by atoms with Gasteiger partial charge < -0.3 is 9.64 Å². The van der Waals surface area contributed by atoms with E-state index in [1.54, 1.807) is 7.11 Å². The van der Waals surface area contributed by atoms with Gasteiger partial charge in [-0.15, -0.1) is 0 Å². The summed E-state index contributed by atoms with van der Waals surface area (Å²) in [6, 6.07) is 4.20. The molecular weight excluding hydrogens is 302 g/mol. The summed E-state index contributed by atoms with van der Waals surface area (Å²) in [6.45, 7) is 4.10. The van der Waals surface area contributed by atoms with Crippen LogP contribution in [0.4, 0.5) is 5.69 Å². The minimum Gasteiger partial charge on any atom is -0.380 e. The fraction of sp³-hybridized carbons (Fsp3) is 0.538. The second-order valence-electron chi connectivity index (χ2n) is 4.50. The zero-order chi connectivity index (χ0) is 12.4. The van der Waals surface area contributed by atoms with Crippen LogP contribution in [0.1, 0.15) is 18.4 Å². The van der Waals surface area contributed by atoms with Gasteiger partial charge in [-0.1, -0.05) is 11.6 Å². The number of methoxy groups -OCH3 is 1. The lowest BCUT2D eigenvalue weighted by atomic mass is 10.1. The molecule has 1 heterocycles. The summed E-state index contributed by atoms with van der Waals surface area (Å²) in [5.41, 5.74) is 2.37. The van der Waals surface area contributed by atoms with E-state index in [2.05, 4.69) is 33.8 Å². The lowest BCUT2D eigenvalue weighted by Crippen LogP contribution is -2.39. The van der Waals surface area contributed by atoms with Crippen LogP contribution in [-0.2, 0) is 4.74 Å². The summed E-state index contributed by atoms with van der Waals surface area (Å²) >= 11 is 9.69. The van der Waals surface area contributed by atoms with Crippen molar-refractivity contribution in [2.75, 3.05) is 25.1 Å². The molecule has 1 aliphatic rings. The van der Waals surface area contributed by atoms with Crippen LogP contribution in [0, 0.1) is 6.92 Å². The molecule has 0 bridgehead atoms. The van der Waals surface area contributed by atoms with Crippen LogP contribution in [0.25, 0.3) is 0 Å². The van der Waals surface area contributed by atoms with E-state index in [0.717, 1.165) is 29.0 Å². The number of anilines is 1. The van der Waals surface area contributed by atoms with Crippen molar-refractivity contribution < 1.29 is 4.74 Å². The molecule has 0 saturated carbocycles. The van der Waals surface area contributed by atoms with Crippen molar-refractivity contribution >= 4 is 33.2 Å². The van der Waals surface area contributed by atoms with Gasteiger partial charge in [-0.3, -0.25) is 0 Å². The van der Waals surface area contributed by atoms with E-state index in [1.807, 2.05) is 6.07 Å². The van der Waals surface area contributed by atoms with Crippen molar-refractivity contribution in [3.05, 3.63) is 27.2 Å². The van der Waals surface area contributed by atoms with Gasteiger partial charge in [0.25, 0.3) is 0 Å². The summed E-state index contributed by atoms with van der Waals surface area (Å²) in [5.74, 6) is 0. The van der Waals surface area contributed by atoms with Crippen LogP contribution in [0.2, 0.25) is 5.02 Å². The number of ether oxygens (including phenoxy) is 1. The molecule has 1 fully saturated rings. The summed E-state index contributed by atoms with van der Waals surface area (Å²) in [6.07, 6.45) is 2.66. The molecule has 1 aromatic rings. The van der Waals surface area contributed by atoms with Gasteiger partial charge in [0, 0.05) is 30.4 Å². The fourth-order valence-corrected chi connectivity index (χ4v) is 2.75. The van der Waals surface area contributed by atoms with Crippen molar-refractivity contribution in [3.8, 4) is 0 Å². The highest BCUT2D eigenvalue weighted by Crippen LogP contribution is 2.32. The Kier molecular flexibility index (Phi) is 4.34. The third-order valence-electron chi connectivity index (χ3n) is 3.27. The zero-order valence-electron chi connectivity index (χ0n) is 10.2. The van der Waals surface area contributed by atoms with Crippen LogP contribution in [0.5, 0.6) is 0 Å². The average molecular weight is 319 g/mol. The number of halogens is 2. The SMILES string of the molecule is COC1CCCN(c2cc(C)c(Br)c(Cl)c2)C1. The topological polar surface area (TPSA) is 12.5 Å². The highest BCUT2D eigenvalue weighted by atomic mass is 79.9. The quantitative estimate of drug-likeness (QED) is 0.816. The molecule has 94 valence electrons. The zero-order valence-corrected chi connectivity index (χ0v) is 12.5. The van der Waals surface area contributed by atoms with Crippen molar-refractivity contribution in [3.63, 3.8) is 0 Å². The van der Waals surface area contributed by atoms with Gasteiger partial charge in [-0.05, 0) is 53.4 Å². The molecule has 1 unspecified atom stereocenters. The number of benzene rings is 1. The van der Waals surface area contributed by atoms with Gasteiger partial charge in [0.1, 0.15) is 0 Å². The molecule has 0 spiro atoms. The van der Waals surface area contributed by atoms with Crippen LogP contribution >= 0.6 is 27.5 Å². The van der Waals surface area contributed by atoms with Gasteiger partial charge >= 0.3 is 0 Å². The van der Waals surface area contributed by atoms with Crippen molar-refractivity contribution in [1.82, 2.24) is 0 Å². The fourth-order valence-electron chi connectivity index (χ4n) is 2.26. The van der Waals surface area contributed by atoms with Gasteiger partial charge in [0.2, 0.25) is 0 Å². The van der Waals surface area contributed by atoms with E-state index in [4.69, 9.17) is 16.3 Å². The molecule has 17 heavy (non-hydrogen) atoms. The van der Waals surface area contributed by atoms with Crippen LogP contribution in [-0.4, -0.2) is 26.3 Å². The highest BCUT2D eigenvalue weighted by Gasteiger charge is 2.20. The standard InChI is InChI=1S/C13H17BrClNO/c1-9-6-10(7-12(15)13(9)14)16-5-3-4-11(8-16)17-2/h6-7,11H,3-5,8H2,1-2H3. The lowest BCUT2D eigenvalue weighted by Gasteiger charge is -2.34. The lowest BCUT2D eigenvalue weighted by molar-refractivity contribution is 0.0893. The smallest absolute Gasteiger partial charge is 0.0746 e. The molecule has 0 aromatic heterocycles. The average Bonchev–Trinajstić information content (AvgIpc) is 2.35. The summed E-state index contributed by atoms with van der Waals surface area (Å²) in [5, 5.41) is 0.777. The number of hydrogen-bond donors (Lipinski definition) is 0. The van der Waals surface area contributed by atoms with Gasteiger partial charge in [-0.2, -0.15) is 0 Å². The minimum absolute atomic E-state index is 0.339. The first kappa shape index (κ1) is 13.2. The highest BCUT2D eigenvalue weighted by molar-refractivity contribution is 9.10. The van der Waals surface area contributed by atoms with E-state index >= 15 is 0 Å². The number of rotatable bonds is 2. The van der Waals surface area contributed by atoms with Gasteiger partial charge in [0.05, 0.1) is 11.1 Å². The molecule has 1 saturated heterocycles.